The van der Waals surface area contributed by atoms with Gasteiger partial charge in [0.05, 0.1) is 12.0 Å². The van der Waals surface area contributed by atoms with Crippen molar-refractivity contribution >= 4 is 22.4 Å². The van der Waals surface area contributed by atoms with Crippen molar-refractivity contribution in [1.29, 1.82) is 0 Å². The number of halogens is 2. The van der Waals surface area contributed by atoms with Crippen LogP contribution in [0.4, 0.5) is 4.39 Å². The lowest BCUT2D eigenvalue weighted by Gasteiger charge is -2.22. The summed E-state index contributed by atoms with van der Waals surface area (Å²) in [6.45, 7) is 2.33. The van der Waals surface area contributed by atoms with Crippen LogP contribution in [-0.4, -0.2) is 35.2 Å². The molecule has 126 valence electrons. The fraction of sp³-hybridized carbons (Fsp3) is 0.571. The molecular weight excluding hydrogens is 331 g/mol. The highest BCUT2D eigenvalue weighted by Gasteiger charge is 2.18. The third-order valence-electron chi connectivity index (χ3n) is 3.68. The van der Waals surface area contributed by atoms with Gasteiger partial charge >= 0.3 is 0 Å². The molecule has 0 saturated carbocycles. The van der Waals surface area contributed by atoms with Gasteiger partial charge in [-0.15, -0.1) is 12.4 Å². The summed E-state index contributed by atoms with van der Waals surface area (Å²) in [5, 5.41) is 3.29. The highest BCUT2D eigenvalue weighted by Crippen LogP contribution is 2.20. The minimum absolute atomic E-state index is 0. The lowest BCUT2D eigenvalue weighted by molar-refractivity contribution is 0.358. The van der Waals surface area contributed by atoms with Gasteiger partial charge in [0.15, 0.2) is 11.6 Å². The average molecular weight is 353 g/mol. The monoisotopic (exact) mass is 352 g/mol. The van der Waals surface area contributed by atoms with Crippen LogP contribution in [0.1, 0.15) is 19.3 Å². The van der Waals surface area contributed by atoms with Crippen molar-refractivity contribution in [2.45, 2.75) is 24.2 Å². The molecule has 0 radical (unpaired) electrons. The van der Waals surface area contributed by atoms with E-state index in [1.807, 2.05) is 0 Å². The predicted molar refractivity (Wildman–Crippen MR) is 85.6 cm³/mol. The second-order valence-corrected chi connectivity index (χ2v) is 6.96. The number of hydrogen-bond donors (Lipinski definition) is 2. The van der Waals surface area contributed by atoms with Crippen molar-refractivity contribution in [2.75, 3.05) is 26.7 Å². The Bertz CT molecular complexity index is 577. The highest BCUT2D eigenvalue weighted by atomic mass is 35.5. The minimum Gasteiger partial charge on any atom is -0.494 e. The number of piperidine rings is 1. The van der Waals surface area contributed by atoms with Crippen molar-refractivity contribution in [3.63, 3.8) is 0 Å². The molecule has 1 unspecified atom stereocenters. The molecule has 1 heterocycles. The van der Waals surface area contributed by atoms with Gasteiger partial charge in [-0.1, -0.05) is 0 Å². The molecule has 0 aromatic heterocycles. The first-order valence-corrected chi connectivity index (χ1v) is 8.55. The van der Waals surface area contributed by atoms with E-state index in [0.29, 0.717) is 12.5 Å². The van der Waals surface area contributed by atoms with E-state index < -0.39 is 15.8 Å². The molecule has 1 aliphatic heterocycles. The second kappa shape index (κ2) is 8.67. The van der Waals surface area contributed by atoms with Crippen LogP contribution in [0.15, 0.2) is 23.1 Å². The Labute approximate surface area is 137 Å². The van der Waals surface area contributed by atoms with Crippen LogP contribution in [0.5, 0.6) is 5.75 Å². The second-order valence-electron chi connectivity index (χ2n) is 5.20. The van der Waals surface area contributed by atoms with Crippen LogP contribution in [0.2, 0.25) is 0 Å². The summed E-state index contributed by atoms with van der Waals surface area (Å²) < 4.78 is 45.1. The minimum atomic E-state index is -3.67. The van der Waals surface area contributed by atoms with Crippen LogP contribution in [-0.2, 0) is 10.0 Å². The van der Waals surface area contributed by atoms with E-state index in [1.54, 1.807) is 0 Å². The summed E-state index contributed by atoms with van der Waals surface area (Å²) in [4.78, 5) is -0.0810. The predicted octanol–water partition coefficient (Wildman–Crippen LogP) is 1.92. The molecule has 0 aliphatic carbocycles. The smallest absolute Gasteiger partial charge is 0.240 e. The Balaban J connectivity index is 0.00000242. The first-order chi connectivity index (χ1) is 10.0. The molecule has 2 N–H and O–H groups in total. The van der Waals surface area contributed by atoms with Gasteiger partial charge in [-0.3, -0.25) is 0 Å². The van der Waals surface area contributed by atoms with Gasteiger partial charge in [0.25, 0.3) is 0 Å². The van der Waals surface area contributed by atoms with Gasteiger partial charge in [0, 0.05) is 6.54 Å². The lowest BCUT2D eigenvalue weighted by atomic mass is 9.96. The molecule has 1 atom stereocenters. The topological polar surface area (TPSA) is 67.4 Å². The maximum Gasteiger partial charge on any atom is 0.240 e. The Kier molecular flexibility index (Phi) is 7.55. The van der Waals surface area contributed by atoms with Gasteiger partial charge in [0.1, 0.15) is 0 Å². The summed E-state index contributed by atoms with van der Waals surface area (Å²) in [5.41, 5.74) is 0. The zero-order chi connectivity index (χ0) is 15.3. The van der Waals surface area contributed by atoms with Gasteiger partial charge in [0.2, 0.25) is 10.0 Å². The quantitative estimate of drug-likeness (QED) is 0.821. The maximum atomic E-state index is 13.6. The summed E-state index contributed by atoms with van der Waals surface area (Å²) in [5.74, 6) is -0.159. The van der Waals surface area contributed by atoms with Crippen molar-refractivity contribution in [2.24, 2.45) is 5.92 Å². The third kappa shape index (κ3) is 5.08. The Morgan fingerprint density at radius 3 is 2.82 bits per heavy atom. The molecule has 0 spiro atoms. The van der Waals surface area contributed by atoms with Crippen molar-refractivity contribution in [3.05, 3.63) is 24.0 Å². The zero-order valence-electron chi connectivity index (χ0n) is 12.5. The fourth-order valence-corrected chi connectivity index (χ4v) is 3.52. The normalized spacial score (nSPS) is 18.5. The Morgan fingerprint density at radius 1 is 1.45 bits per heavy atom. The molecule has 1 saturated heterocycles. The number of rotatable bonds is 6. The van der Waals surface area contributed by atoms with Gasteiger partial charge in [-0.05, 0) is 56.5 Å². The van der Waals surface area contributed by atoms with Crippen LogP contribution < -0.4 is 14.8 Å². The number of sulfonamides is 1. The molecule has 1 fully saturated rings. The van der Waals surface area contributed by atoms with Crippen molar-refractivity contribution < 1.29 is 17.5 Å². The van der Waals surface area contributed by atoms with E-state index >= 15 is 0 Å². The first kappa shape index (κ1) is 19.2. The summed E-state index contributed by atoms with van der Waals surface area (Å²) >= 11 is 0. The molecule has 1 aromatic carbocycles. The van der Waals surface area contributed by atoms with Crippen molar-refractivity contribution in [3.8, 4) is 5.75 Å². The molecule has 8 heteroatoms. The number of nitrogens with one attached hydrogen (secondary N) is 2. The van der Waals surface area contributed by atoms with Crippen LogP contribution in [0.3, 0.4) is 0 Å². The first-order valence-electron chi connectivity index (χ1n) is 7.07. The van der Waals surface area contributed by atoms with Crippen LogP contribution in [0, 0.1) is 11.7 Å². The van der Waals surface area contributed by atoms with Gasteiger partial charge in [-0.2, -0.15) is 0 Å². The molecule has 22 heavy (non-hydrogen) atoms. The fourth-order valence-electron chi connectivity index (χ4n) is 2.47. The standard InChI is InChI=1S/C14H21FN2O3S.ClH/c1-20-14-5-4-12(9-13(14)15)21(18,19)17-8-6-11-3-2-7-16-10-11;/h4-5,9,11,16-17H,2-3,6-8,10H2,1H3;1H. The summed E-state index contributed by atoms with van der Waals surface area (Å²) in [7, 11) is -2.34. The highest BCUT2D eigenvalue weighted by molar-refractivity contribution is 7.89. The van der Waals surface area contributed by atoms with Gasteiger partial charge in [-0.25, -0.2) is 17.5 Å². The largest absolute Gasteiger partial charge is 0.494 e. The van der Waals surface area contributed by atoms with Gasteiger partial charge < -0.3 is 10.1 Å². The summed E-state index contributed by atoms with van der Waals surface area (Å²) in [6, 6.07) is 3.63. The summed E-state index contributed by atoms with van der Waals surface area (Å²) in [6.07, 6.45) is 3.03. The number of methoxy groups -OCH3 is 1. The zero-order valence-corrected chi connectivity index (χ0v) is 14.1. The molecule has 2 rings (SSSR count). The molecule has 1 aromatic rings. The SMILES string of the molecule is COc1ccc(S(=O)(=O)NCCC2CCCNC2)cc1F.Cl. The number of ether oxygens (including phenoxy) is 1. The van der Waals surface area contributed by atoms with E-state index in [4.69, 9.17) is 4.74 Å². The number of benzene rings is 1. The average Bonchev–Trinajstić information content (AvgIpc) is 2.48. The molecular formula is C14H22ClFN2O3S. The molecule has 1 aliphatic rings. The molecule has 0 amide bonds. The maximum absolute atomic E-state index is 13.6. The Hall–Kier alpha value is -0.890. The van der Waals surface area contributed by atoms with E-state index in [1.165, 1.54) is 19.2 Å². The Morgan fingerprint density at radius 2 is 2.23 bits per heavy atom. The van der Waals surface area contributed by atoms with Crippen molar-refractivity contribution in [1.82, 2.24) is 10.0 Å². The van der Waals surface area contributed by atoms with Crippen LogP contribution in [0.25, 0.3) is 0 Å². The molecule has 5 nitrogen and oxygen atoms in total. The molecule has 0 bridgehead atoms. The third-order valence-corrected chi connectivity index (χ3v) is 5.14. The van der Waals surface area contributed by atoms with E-state index in [0.717, 1.165) is 38.4 Å². The van der Waals surface area contributed by atoms with E-state index in [2.05, 4.69) is 10.0 Å². The van der Waals surface area contributed by atoms with Crippen LogP contribution >= 0.6 is 12.4 Å². The lowest BCUT2D eigenvalue weighted by Crippen LogP contribution is -2.33. The van der Waals surface area contributed by atoms with E-state index in [9.17, 15) is 12.8 Å². The van der Waals surface area contributed by atoms with E-state index in [-0.39, 0.29) is 23.1 Å². The number of hydrogen-bond acceptors (Lipinski definition) is 4.